The number of hydrogen-bond donors (Lipinski definition) is 2. The molecule has 38 heavy (non-hydrogen) atoms. The molecule has 208 valence electrons. The summed E-state index contributed by atoms with van der Waals surface area (Å²) >= 11 is 0. The minimum absolute atomic E-state index is 0.0617. The average Bonchev–Trinajstić information content (AvgIpc) is 2.81. The van der Waals surface area contributed by atoms with Gasteiger partial charge in [-0.05, 0) is 42.7 Å². The van der Waals surface area contributed by atoms with E-state index in [2.05, 4.69) is 10.6 Å². The summed E-state index contributed by atoms with van der Waals surface area (Å²) < 4.78 is 85.4. The van der Waals surface area contributed by atoms with E-state index in [1.54, 1.807) is 12.1 Å². The number of rotatable bonds is 9. The molecule has 1 amide bonds. The number of carbonyl (C=O) groups is 2. The summed E-state index contributed by atoms with van der Waals surface area (Å²) in [5.74, 6) is -1.24. The molecule has 7 nitrogen and oxygen atoms in total. The van der Waals surface area contributed by atoms with Crippen molar-refractivity contribution in [1.29, 1.82) is 0 Å². The van der Waals surface area contributed by atoms with Gasteiger partial charge in [0.2, 0.25) is 5.91 Å². The molecule has 12 heteroatoms. The first kappa shape index (κ1) is 29.7. The van der Waals surface area contributed by atoms with Crippen LogP contribution in [0.25, 0.3) is 11.1 Å². The molecule has 3 atom stereocenters. The van der Waals surface area contributed by atoms with Crippen LogP contribution in [0.2, 0.25) is 0 Å². The maximum atomic E-state index is 14.5. The Morgan fingerprint density at radius 3 is 2.05 bits per heavy atom. The lowest BCUT2D eigenvalue weighted by molar-refractivity contribution is -0.162. The van der Waals surface area contributed by atoms with Gasteiger partial charge in [0.15, 0.2) is 15.6 Å². The molecule has 0 radical (unpaired) electrons. The molecule has 1 fully saturated rings. The van der Waals surface area contributed by atoms with Crippen LogP contribution in [-0.4, -0.2) is 63.5 Å². The maximum Gasteiger partial charge on any atom is 0.407 e. The highest BCUT2D eigenvalue weighted by Crippen LogP contribution is 2.35. The summed E-state index contributed by atoms with van der Waals surface area (Å²) in [5, 5.41) is 4.65. The van der Waals surface area contributed by atoms with E-state index in [4.69, 9.17) is 4.74 Å². The van der Waals surface area contributed by atoms with Gasteiger partial charge >= 0.3 is 6.18 Å². The molecule has 0 aliphatic carbocycles. The number of ether oxygens (including phenoxy) is 1. The Morgan fingerprint density at radius 2 is 1.58 bits per heavy atom. The summed E-state index contributed by atoms with van der Waals surface area (Å²) in [7, 11) is -3.40. The van der Waals surface area contributed by atoms with Crippen molar-refractivity contribution in [3.05, 3.63) is 54.1 Å². The van der Waals surface area contributed by atoms with Gasteiger partial charge in [0.25, 0.3) is 0 Å². The number of sulfone groups is 1. The Labute approximate surface area is 218 Å². The highest BCUT2D eigenvalue weighted by molar-refractivity contribution is 7.90. The second-order valence-electron chi connectivity index (χ2n) is 9.89. The van der Waals surface area contributed by atoms with Crippen LogP contribution < -0.4 is 10.6 Å². The molecular weight excluding hydrogens is 528 g/mol. The quantitative estimate of drug-likeness (QED) is 0.453. The molecule has 0 saturated carbocycles. The van der Waals surface area contributed by atoms with Crippen molar-refractivity contribution in [2.75, 3.05) is 19.5 Å². The normalized spacial score (nSPS) is 18.6. The number of nitrogens with one attached hydrogen (secondary N) is 2. The largest absolute Gasteiger partial charge is 0.407 e. The van der Waals surface area contributed by atoms with Crippen LogP contribution in [0, 0.1) is 0 Å². The van der Waals surface area contributed by atoms with Crippen LogP contribution in [0.3, 0.4) is 0 Å². The topological polar surface area (TPSA) is 102 Å². The number of hydrogen-bond acceptors (Lipinski definition) is 6. The van der Waals surface area contributed by atoms with Gasteiger partial charge in [-0.2, -0.15) is 13.2 Å². The lowest BCUT2D eigenvalue weighted by atomic mass is 9.96. The Morgan fingerprint density at radius 1 is 1.03 bits per heavy atom. The highest BCUT2D eigenvalue weighted by Gasteiger charge is 2.44. The Hall–Kier alpha value is -2.83. The molecule has 1 heterocycles. The molecule has 2 aromatic carbocycles. The van der Waals surface area contributed by atoms with Crippen molar-refractivity contribution < 1.29 is 40.3 Å². The molecule has 0 bridgehead atoms. The molecule has 3 rings (SSSR count). The van der Waals surface area contributed by atoms with Crippen LogP contribution in [0.5, 0.6) is 0 Å². The van der Waals surface area contributed by atoms with E-state index in [0.29, 0.717) is 11.1 Å². The van der Waals surface area contributed by atoms with Crippen LogP contribution in [0.4, 0.5) is 17.6 Å². The SMILES string of the molecule is CC(C)(F)C[C@H](N[C@@H](c1ccc(-c2ccc(S(C)(=O)=O)cc2)cc1)C(F)(F)F)C(=O)NC1COCCC1=O. The summed E-state index contributed by atoms with van der Waals surface area (Å²) in [6.07, 6.45) is -4.27. The van der Waals surface area contributed by atoms with Crippen molar-refractivity contribution in [2.24, 2.45) is 0 Å². The van der Waals surface area contributed by atoms with Crippen LogP contribution in [0.1, 0.15) is 38.3 Å². The lowest BCUT2D eigenvalue weighted by Gasteiger charge is -2.31. The Balaban J connectivity index is 1.85. The third-order valence-electron chi connectivity index (χ3n) is 6.04. The highest BCUT2D eigenvalue weighted by atomic mass is 32.2. The van der Waals surface area contributed by atoms with Crippen molar-refractivity contribution in [1.82, 2.24) is 10.6 Å². The minimum Gasteiger partial charge on any atom is -0.378 e. The van der Waals surface area contributed by atoms with Crippen LogP contribution in [-0.2, 0) is 24.2 Å². The molecule has 2 aromatic rings. The minimum atomic E-state index is -4.83. The van der Waals surface area contributed by atoms with E-state index in [0.717, 1.165) is 20.1 Å². The number of halogens is 4. The fourth-order valence-electron chi connectivity index (χ4n) is 4.09. The number of alkyl halides is 4. The van der Waals surface area contributed by atoms with Crippen molar-refractivity contribution in [2.45, 2.75) is 61.6 Å². The zero-order chi connectivity index (χ0) is 28.3. The molecule has 1 aliphatic heterocycles. The fourth-order valence-corrected chi connectivity index (χ4v) is 4.72. The number of ketones is 1. The molecular formula is C26H30F4N2O5S. The van der Waals surface area contributed by atoms with E-state index in [1.165, 1.54) is 36.4 Å². The lowest BCUT2D eigenvalue weighted by Crippen LogP contribution is -2.56. The predicted octanol–water partition coefficient (Wildman–Crippen LogP) is 3.93. The Kier molecular flexibility index (Phi) is 9.00. The molecule has 1 unspecified atom stereocenters. The number of amides is 1. The van der Waals surface area contributed by atoms with Gasteiger partial charge in [-0.25, -0.2) is 12.8 Å². The summed E-state index contributed by atoms with van der Waals surface area (Å²) in [6.45, 7) is 2.39. The fraction of sp³-hybridized carbons (Fsp3) is 0.462. The second kappa shape index (κ2) is 11.5. The zero-order valence-corrected chi connectivity index (χ0v) is 22.0. The Bertz CT molecular complexity index is 1240. The van der Waals surface area contributed by atoms with Gasteiger partial charge in [0, 0.05) is 19.1 Å². The van der Waals surface area contributed by atoms with Gasteiger partial charge in [-0.3, -0.25) is 14.9 Å². The van der Waals surface area contributed by atoms with E-state index in [9.17, 15) is 35.6 Å². The van der Waals surface area contributed by atoms with Gasteiger partial charge < -0.3 is 10.1 Å². The third-order valence-corrected chi connectivity index (χ3v) is 7.17. The third kappa shape index (κ3) is 8.08. The maximum absolute atomic E-state index is 14.5. The average molecular weight is 559 g/mol. The monoisotopic (exact) mass is 558 g/mol. The van der Waals surface area contributed by atoms with E-state index in [-0.39, 0.29) is 35.9 Å². The number of carbonyl (C=O) groups excluding carboxylic acids is 2. The number of benzene rings is 2. The van der Waals surface area contributed by atoms with E-state index in [1.807, 2.05) is 0 Å². The molecule has 1 saturated heterocycles. The number of Topliss-reactive ketones (excluding diaryl/α,β-unsaturated/α-hetero) is 1. The smallest absolute Gasteiger partial charge is 0.378 e. The van der Waals surface area contributed by atoms with Crippen molar-refractivity contribution in [3.8, 4) is 11.1 Å². The molecule has 1 aliphatic rings. The molecule has 2 N–H and O–H groups in total. The molecule has 0 aromatic heterocycles. The standard InChI is InChI=1S/C26H30F4N2O5S/c1-25(2,27)14-20(24(34)32-21-15-37-13-12-22(21)33)31-23(26(28,29)30)18-6-4-16(5-7-18)17-8-10-19(11-9-17)38(3,35)36/h4-11,20-21,23,31H,12-15H2,1-3H3,(H,32,34)/t20-,21?,23-/m0/s1. The second-order valence-corrected chi connectivity index (χ2v) is 11.9. The van der Waals surface area contributed by atoms with E-state index < -0.39 is 52.1 Å². The van der Waals surface area contributed by atoms with E-state index >= 15 is 0 Å². The van der Waals surface area contributed by atoms with Crippen LogP contribution >= 0.6 is 0 Å². The molecule has 0 spiro atoms. The summed E-state index contributed by atoms with van der Waals surface area (Å²) in [6, 6.07) is 6.34. The van der Waals surface area contributed by atoms with Gasteiger partial charge in [-0.1, -0.05) is 36.4 Å². The first-order valence-electron chi connectivity index (χ1n) is 11.9. The predicted molar refractivity (Wildman–Crippen MR) is 133 cm³/mol. The first-order chi connectivity index (χ1) is 17.5. The zero-order valence-electron chi connectivity index (χ0n) is 21.1. The van der Waals surface area contributed by atoms with Crippen molar-refractivity contribution >= 4 is 21.5 Å². The van der Waals surface area contributed by atoms with Crippen molar-refractivity contribution in [3.63, 3.8) is 0 Å². The van der Waals surface area contributed by atoms with Gasteiger partial charge in [0.05, 0.1) is 24.2 Å². The summed E-state index contributed by atoms with van der Waals surface area (Å²) in [4.78, 5) is 25.1. The van der Waals surface area contributed by atoms with Gasteiger partial charge in [0.1, 0.15) is 17.8 Å². The first-order valence-corrected chi connectivity index (χ1v) is 13.8. The van der Waals surface area contributed by atoms with Gasteiger partial charge in [-0.15, -0.1) is 0 Å². The van der Waals surface area contributed by atoms with Crippen LogP contribution in [0.15, 0.2) is 53.4 Å². The summed E-state index contributed by atoms with van der Waals surface area (Å²) in [5.41, 5.74) is -1.05.